The Labute approximate surface area is 249 Å². The summed E-state index contributed by atoms with van der Waals surface area (Å²) in [6.45, 7) is 1.32. The summed E-state index contributed by atoms with van der Waals surface area (Å²) in [6.07, 6.45) is 4.90. The number of rotatable bonds is 15. The van der Waals surface area contributed by atoms with Crippen molar-refractivity contribution in [1.29, 1.82) is 0 Å². The van der Waals surface area contributed by atoms with Crippen LogP contribution in [0.3, 0.4) is 0 Å². The minimum atomic E-state index is -0.321. The molecule has 210 valence electrons. The topological polar surface area (TPSA) is 61.8 Å². The smallest absolute Gasteiger partial charge is 0.338 e. The van der Waals surface area contributed by atoms with E-state index in [2.05, 4.69) is 33.3 Å². The zero-order valence-electron chi connectivity index (χ0n) is 23.2. The van der Waals surface area contributed by atoms with Gasteiger partial charge in [0.25, 0.3) is 0 Å². The predicted molar refractivity (Wildman–Crippen MR) is 151 cm³/mol. The van der Waals surface area contributed by atoms with Crippen LogP contribution >= 0.6 is 0 Å². The Morgan fingerprint density at radius 2 is 1.26 bits per heavy atom. The highest BCUT2D eigenvalue weighted by atomic mass is 127. The van der Waals surface area contributed by atoms with Gasteiger partial charge in [0.1, 0.15) is 18.0 Å². The summed E-state index contributed by atoms with van der Waals surface area (Å²) in [6, 6.07) is 25.1. The molecule has 0 saturated heterocycles. The van der Waals surface area contributed by atoms with E-state index in [4.69, 9.17) is 14.2 Å². The highest BCUT2D eigenvalue weighted by Crippen LogP contribution is 2.18. The molecule has 0 spiro atoms. The maximum Gasteiger partial charge on any atom is 0.338 e. The molecule has 0 heterocycles. The lowest BCUT2D eigenvalue weighted by molar-refractivity contribution is -0.142. The highest BCUT2D eigenvalue weighted by molar-refractivity contribution is 5.89. The van der Waals surface area contributed by atoms with Gasteiger partial charge in [-0.3, -0.25) is 9.28 Å². The first-order valence-corrected chi connectivity index (χ1v) is 13.3. The van der Waals surface area contributed by atoms with E-state index in [1.165, 1.54) is 5.69 Å². The van der Waals surface area contributed by atoms with Gasteiger partial charge in [-0.15, -0.1) is 0 Å². The second-order valence-corrected chi connectivity index (χ2v) is 10.3. The lowest BCUT2D eigenvalue weighted by Gasteiger charge is -2.23. The number of benzene rings is 3. The summed E-state index contributed by atoms with van der Waals surface area (Å²) in [5, 5.41) is 0. The molecule has 7 heteroatoms. The largest absolute Gasteiger partial charge is 1.00 e. The number of hydrogen-bond donors (Lipinski definition) is 0. The molecule has 39 heavy (non-hydrogen) atoms. The fourth-order valence-electron chi connectivity index (χ4n) is 3.88. The molecule has 6 nitrogen and oxygen atoms in total. The van der Waals surface area contributed by atoms with Gasteiger partial charge in [-0.25, -0.2) is 4.79 Å². The number of quaternary nitrogens is 1. The minimum absolute atomic E-state index is 0. The van der Waals surface area contributed by atoms with E-state index in [9.17, 15) is 9.59 Å². The first kappa shape index (κ1) is 32.3. The van der Waals surface area contributed by atoms with Crippen LogP contribution in [0.1, 0.15) is 53.6 Å². The van der Waals surface area contributed by atoms with Gasteiger partial charge in [0.15, 0.2) is 0 Å². The molecule has 0 amide bonds. The van der Waals surface area contributed by atoms with Crippen LogP contribution in [0.2, 0.25) is 0 Å². The van der Waals surface area contributed by atoms with Gasteiger partial charge in [-0.1, -0.05) is 61.7 Å². The maximum atomic E-state index is 12.3. The second-order valence-electron chi connectivity index (χ2n) is 10.3. The van der Waals surface area contributed by atoms with Crippen molar-refractivity contribution in [3.05, 3.63) is 95.6 Å². The van der Waals surface area contributed by atoms with E-state index < -0.39 is 0 Å². The third-order valence-corrected chi connectivity index (χ3v) is 6.18. The average molecular weight is 646 g/mol. The van der Waals surface area contributed by atoms with Gasteiger partial charge in [0, 0.05) is 0 Å². The number of hydrogen-bond acceptors (Lipinski definition) is 5. The molecule has 0 aliphatic rings. The van der Waals surface area contributed by atoms with Crippen LogP contribution in [-0.2, 0) is 27.3 Å². The van der Waals surface area contributed by atoms with E-state index in [1.807, 2.05) is 42.5 Å². The van der Waals surface area contributed by atoms with E-state index >= 15 is 0 Å². The Kier molecular flexibility index (Phi) is 14.0. The molecule has 0 saturated carbocycles. The second kappa shape index (κ2) is 16.9. The van der Waals surface area contributed by atoms with Crippen molar-refractivity contribution < 1.29 is 47.8 Å². The Hall–Kier alpha value is -2.91. The third kappa shape index (κ3) is 12.2. The van der Waals surface area contributed by atoms with Crippen molar-refractivity contribution in [2.75, 3.05) is 34.4 Å². The highest BCUT2D eigenvalue weighted by Gasteiger charge is 2.12. The summed E-state index contributed by atoms with van der Waals surface area (Å²) < 4.78 is 17.3. The van der Waals surface area contributed by atoms with Gasteiger partial charge >= 0.3 is 11.9 Å². The van der Waals surface area contributed by atoms with Crippen molar-refractivity contribution in [3.8, 4) is 5.75 Å². The molecule has 0 bridgehead atoms. The molecule has 3 aromatic rings. The monoisotopic (exact) mass is 645 g/mol. The van der Waals surface area contributed by atoms with Gasteiger partial charge in [0.2, 0.25) is 0 Å². The van der Waals surface area contributed by atoms with Gasteiger partial charge in [-0.2, -0.15) is 0 Å². The summed E-state index contributed by atoms with van der Waals surface area (Å²) in [4.78, 5) is 24.3. The molecular weight excluding hydrogens is 605 g/mol. The lowest BCUT2D eigenvalue weighted by atomic mass is 10.1. The maximum absolute atomic E-state index is 12.3. The van der Waals surface area contributed by atoms with E-state index in [0.29, 0.717) is 37.6 Å². The molecule has 3 rings (SSSR count). The Morgan fingerprint density at radius 1 is 0.667 bits per heavy atom. The average Bonchev–Trinajstić information content (AvgIpc) is 2.91. The van der Waals surface area contributed by atoms with E-state index in [-0.39, 0.29) is 35.9 Å². The number of nitrogens with zero attached hydrogens (tertiary/aromatic N) is 1. The van der Waals surface area contributed by atoms with Crippen molar-refractivity contribution in [2.24, 2.45) is 0 Å². The quantitative estimate of drug-likeness (QED) is 0.110. The van der Waals surface area contributed by atoms with Crippen molar-refractivity contribution in [1.82, 2.24) is 4.48 Å². The Bertz CT molecular complexity index is 1130. The molecule has 0 N–H and O–H groups in total. The number of esters is 2. The SMILES string of the molecule is C[N+](C)(C)c1ccc(CC(=O)OCCCCCCCOC(=O)c2ccc(OCc3ccccc3)cc2)cc1.[I-]. The number of carbonyl (C=O) groups is 2. The molecule has 0 radical (unpaired) electrons. The molecule has 0 aromatic heterocycles. The van der Waals surface area contributed by atoms with Gasteiger partial charge < -0.3 is 38.2 Å². The fraction of sp³-hybridized carbons (Fsp3) is 0.375. The first-order chi connectivity index (χ1) is 18.3. The summed E-state index contributed by atoms with van der Waals surface area (Å²) in [5.74, 6) is 0.203. The third-order valence-electron chi connectivity index (χ3n) is 6.18. The van der Waals surface area contributed by atoms with Crippen LogP contribution in [0.15, 0.2) is 78.9 Å². The van der Waals surface area contributed by atoms with Crippen LogP contribution in [0.5, 0.6) is 5.75 Å². The molecular formula is C32H40INO5. The van der Waals surface area contributed by atoms with Crippen LogP contribution in [-0.4, -0.2) is 46.3 Å². The fourth-order valence-corrected chi connectivity index (χ4v) is 3.88. The molecule has 0 aliphatic carbocycles. The zero-order chi connectivity index (χ0) is 27.2. The number of carbonyl (C=O) groups excluding carboxylic acids is 2. The number of halogens is 1. The van der Waals surface area contributed by atoms with Crippen LogP contribution in [0.4, 0.5) is 5.69 Å². The Balaban J connectivity index is 0.00000533. The first-order valence-electron chi connectivity index (χ1n) is 13.3. The standard InChI is InChI=1S/C32H40NO5.HI/c1-33(2,3)29-18-14-26(15-19-29)24-31(34)36-22-10-5-4-6-11-23-37-32(35)28-16-20-30(21-17-28)38-25-27-12-8-7-9-13-27;/h7-9,12-21H,4-6,10-11,22-25H2,1-3H3;1H/q+1;/p-1. The van der Waals surface area contributed by atoms with Crippen molar-refractivity contribution >= 4 is 17.6 Å². The summed E-state index contributed by atoms with van der Waals surface area (Å²) in [5.41, 5.74) is 3.77. The summed E-state index contributed by atoms with van der Waals surface area (Å²) in [7, 11) is 6.33. The van der Waals surface area contributed by atoms with Gasteiger partial charge in [-0.05, 0) is 60.4 Å². The molecule has 0 aliphatic heterocycles. The summed E-state index contributed by atoms with van der Waals surface area (Å²) >= 11 is 0. The molecule has 3 aromatic carbocycles. The van der Waals surface area contributed by atoms with Crippen LogP contribution < -0.4 is 33.2 Å². The zero-order valence-corrected chi connectivity index (χ0v) is 25.4. The van der Waals surface area contributed by atoms with Crippen molar-refractivity contribution in [2.45, 2.75) is 45.1 Å². The molecule has 0 atom stereocenters. The minimum Gasteiger partial charge on any atom is -1.00 e. The Morgan fingerprint density at radius 3 is 1.87 bits per heavy atom. The predicted octanol–water partition coefficient (Wildman–Crippen LogP) is 3.36. The van der Waals surface area contributed by atoms with Crippen LogP contribution in [0.25, 0.3) is 0 Å². The van der Waals surface area contributed by atoms with Crippen molar-refractivity contribution in [3.63, 3.8) is 0 Å². The number of unbranched alkanes of at least 4 members (excludes halogenated alkanes) is 4. The van der Waals surface area contributed by atoms with E-state index in [0.717, 1.165) is 47.7 Å². The lowest BCUT2D eigenvalue weighted by Crippen LogP contribution is -3.00. The molecule has 0 unspecified atom stereocenters. The number of ether oxygens (including phenoxy) is 3. The molecule has 0 fully saturated rings. The van der Waals surface area contributed by atoms with Crippen LogP contribution in [0, 0.1) is 0 Å². The normalized spacial score (nSPS) is 10.8. The van der Waals surface area contributed by atoms with Gasteiger partial charge in [0.05, 0.1) is 46.3 Å². The van der Waals surface area contributed by atoms with E-state index in [1.54, 1.807) is 24.3 Å².